The van der Waals surface area contributed by atoms with Crippen LogP contribution in [-0.2, 0) is 0 Å². The van der Waals surface area contributed by atoms with Crippen LogP contribution < -0.4 is 4.74 Å². The Balaban J connectivity index is 1.45. The van der Waals surface area contributed by atoms with Crippen LogP contribution in [0.2, 0.25) is 5.02 Å². The minimum absolute atomic E-state index is 0.473. The minimum Gasteiger partial charge on any atom is -0.493 e. The van der Waals surface area contributed by atoms with Crippen molar-refractivity contribution < 1.29 is 4.74 Å². The number of rotatable bonds is 4. The summed E-state index contributed by atoms with van der Waals surface area (Å²) in [7, 11) is 2.29. The van der Waals surface area contributed by atoms with Crippen molar-refractivity contribution in [2.24, 2.45) is 5.92 Å². The number of nitrogens with zero attached hydrogens (tertiary/aromatic N) is 1. The normalized spacial score (nSPS) is 27.2. The van der Waals surface area contributed by atoms with Gasteiger partial charge in [-0.05, 0) is 61.4 Å². The number of benzene rings is 3. The molecule has 5 rings (SSSR count). The van der Waals surface area contributed by atoms with Crippen LogP contribution in [0.25, 0.3) is 10.8 Å². The summed E-state index contributed by atoms with van der Waals surface area (Å²) < 4.78 is 6.48. The van der Waals surface area contributed by atoms with Crippen molar-refractivity contribution in [2.45, 2.75) is 37.3 Å². The number of fused-ring (bicyclic) bond motifs is 3. The highest BCUT2D eigenvalue weighted by atomic mass is 35.5. The second-order valence-electron chi connectivity index (χ2n) is 8.31. The van der Waals surface area contributed by atoms with Crippen LogP contribution in [-0.4, -0.2) is 30.6 Å². The Morgan fingerprint density at radius 3 is 2.71 bits per heavy atom. The van der Waals surface area contributed by atoms with Crippen molar-refractivity contribution in [3.05, 3.63) is 77.3 Å². The molecule has 2 aliphatic rings. The molecule has 2 aliphatic heterocycles. The molecule has 2 nitrogen and oxygen atoms in total. The topological polar surface area (TPSA) is 12.5 Å². The number of hydrogen-bond acceptors (Lipinski definition) is 2. The summed E-state index contributed by atoms with van der Waals surface area (Å²) in [5.41, 5.74) is 1.36. The lowest BCUT2D eigenvalue weighted by molar-refractivity contribution is 0.0670. The summed E-state index contributed by atoms with van der Waals surface area (Å²) >= 11 is 6.33. The summed E-state index contributed by atoms with van der Waals surface area (Å²) in [6.45, 7) is 0.743. The Labute approximate surface area is 172 Å². The van der Waals surface area contributed by atoms with Gasteiger partial charge >= 0.3 is 0 Å². The predicted molar refractivity (Wildman–Crippen MR) is 116 cm³/mol. The smallest absolute Gasteiger partial charge is 0.127 e. The van der Waals surface area contributed by atoms with Crippen LogP contribution in [0.3, 0.4) is 0 Å². The summed E-state index contributed by atoms with van der Waals surface area (Å²) in [6.07, 6.45) is 3.75. The average Bonchev–Trinajstić information content (AvgIpc) is 2.96. The lowest BCUT2D eigenvalue weighted by Gasteiger charge is -2.43. The molecule has 2 heterocycles. The van der Waals surface area contributed by atoms with Gasteiger partial charge in [-0.15, -0.1) is 0 Å². The van der Waals surface area contributed by atoms with Crippen LogP contribution in [0.15, 0.2) is 66.7 Å². The van der Waals surface area contributed by atoms with E-state index in [9.17, 15) is 0 Å². The molecular formula is C25H26ClNO. The molecule has 144 valence electrons. The van der Waals surface area contributed by atoms with Crippen molar-refractivity contribution in [1.82, 2.24) is 4.90 Å². The van der Waals surface area contributed by atoms with Crippen molar-refractivity contribution in [1.29, 1.82) is 0 Å². The molecule has 3 heteroatoms. The molecule has 0 spiro atoms. The Bertz CT molecular complexity index is 982. The second-order valence-corrected chi connectivity index (χ2v) is 8.75. The number of ether oxygens (including phenoxy) is 1. The molecule has 0 saturated carbocycles. The van der Waals surface area contributed by atoms with E-state index in [0.29, 0.717) is 23.9 Å². The zero-order chi connectivity index (χ0) is 19.1. The molecule has 0 aromatic heterocycles. The molecule has 0 amide bonds. The first kappa shape index (κ1) is 18.0. The molecule has 2 bridgehead atoms. The van der Waals surface area contributed by atoms with Crippen LogP contribution in [0.5, 0.6) is 5.75 Å². The number of hydrogen-bond donors (Lipinski definition) is 0. The Hall–Kier alpha value is -2.03. The summed E-state index contributed by atoms with van der Waals surface area (Å²) in [5, 5.41) is 3.25. The van der Waals surface area contributed by atoms with Crippen molar-refractivity contribution in [3.63, 3.8) is 0 Å². The van der Waals surface area contributed by atoms with Gasteiger partial charge in [0.15, 0.2) is 0 Å². The zero-order valence-electron chi connectivity index (χ0n) is 16.2. The third-order valence-electron chi connectivity index (χ3n) is 6.89. The molecule has 0 aliphatic carbocycles. The lowest BCUT2D eigenvalue weighted by Crippen LogP contribution is -2.47. The van der Waals surface area contributed by atoms with Gasteiger partial charge in [0, 0.05) is 28.4 Å². The maximum absolute atomic E-state index is 6.48. The fourth-order valence-electron chi connectivity index (χ4n) is 5.43. The van der Waals surface area contributed by atoms with Gasteiger partial charge in [0.25, 0.3) is 0 Å². The number of piperidine rings is 1. The number of halogens is 1. The van der Waals surface area contributed by atoms with E-state index in [2.05, 4.69) is 72.6 Å². The summed E-state index contributed by atoms with van der Waals surface area (Å²) in [5.74, 6) is 1.97. The van der Waals surface area contributed by atoms with E-state index in [1.165, 1.54) is 35.6 Å². The fraction of sp³-hybridized carbons (Fsp3) is 0.360. The monoisotopic (exact) mass is 391 g/mol. The van der Waals surface area contributed by atoms with E-state index in [1.807, 2.05) is 6.07 Å². The van der Waals surface area contributed by atoms with Crippen LogP contribution in [0.1, 0.15) is 30.7 Å². The van der Waals surface area contributed by atoms with E-state index >= 15 is 0 Å². The highest BCUT2D eigenvalue weighted by Crippen LogP contribution is 2.46. The zero-order valence-corrected chi connectivity index (χ0v) is 17.0. The molecule has 3 aromatic carbocycles. The molecule has 3 aromatic rings. The van der Waals surface area contributed by atoms with Gasteiger partial charge in [-0.3, -0.25) is 0 Å². The molecular weight excluding hydrogens is 366 g/mol. The van der Waals surface area contributed by atoms with Crippen molar-refractivity contribution >= 4 is 22.4 Å². The summed E-state index contributed by atoms with van der Waals surface area (Å²) in [6, 6.07) is 24.5. The Morgan fingerprint density at radius 1 is 1.00 bits per heavy atom. The first-order valence-electron chi connectivity index (χ1n) is 10.3. The molecule has 2 fully saturated rings. The van der Waals surface area contributed by atoms with Gasteiger partial charge in [-0.2, -0.15) is 0 Å². The van der Waals surface area contributed by atoms with Crippen LogP contribution in [0.4, 0.5) is 0 Å². The molecule has 2 saturated heterocycles. The van der Waals surface area contributed by atoms with Crippen molar-refractivity contribution in [3.8, 4) is 5.75 Å². The molecule has 0 N–H and O–H groups in total. The SMILES string of the molecule is CN1C2CCC1[C@H](COc1cccc3ccccc13)[C@@H](c1cccc(Cl)c1)C2. The lowest BCUT2D eigenvalue weighted by atomic mass is 9.76. The predicted octanol–water partition coefficient (Wildman–Crippen LogP) is 6.14. The maximum Gasteiger partial charge on any atom is 0.127 e. The minimum atomic E-state index is 0.473. The van der Waals surface area contributed by atoms with E-state index in [-0.39, 0.29) is 0 Å². The van der Waals surface area contributed by atoms with Gasteiger partial charge in [0.2, 0.25) is 0 Å². The standard InChI is InChI=1S/C25H26ClNO/c1-27-20-12-13-24(27)23(22(15-20)18-8-4-9-19(26)14-18)16-28-25-11-5-7-17-6-2-3-10-21(17)25/h2-11,14,20,22-24H,12-13,15-16H2,1H3/t20?,22-,23-,24?/m1/s1. The van der Waals surface area contributed by atoms with Gasteiger partial charge in [0.05, 0.1) is 6.61 Å². The van der Waals surface area contributed by atoms with Gasteiger partial charge in [0.1, 0.15) is 5.75 Å². The Morgan fingerprint density at radius 2 is 1.82 bits per heavy atom. The van der Waals surface area contributed by atoms with E-state index in [4.69, 9.17) is 16.3 Å². The quantitative estimate of drug-likeness (QED) is 0.529. The largest absolute Gasteiger partial charge is 0.493 e. The maximum atomic E-state index is 6.48. The van der Waals surface area contributed by atoms with E-state index in [1.54, 1.807) is 0 Å². The highest BCUT2D eigenvalue weighted by molar-refractivity contribution is 6.30. The molecule has 28 heavy (non-hydrogen) atoms. The van der Waals surface area contributed by atoms with Crippen LogP contribution >= 0.6 is 11.6 Å². The highest BCUT2D eigenvalue weighted by Gasteiger charge is 2.46. The van der Waals surface area contributed by atoms with Gasteiger partial charge in [-0.25, -0.2) is 0 Å². The second kappa shape index (κ2) is 7.42. The first-order valence-corrected chi connectivity index (χ1v) is 10.7. The average molecular weight is 392 g/mol. The third-order valence-corrected chi connectivity index (χ3v) is 7.12. The first-order chi connectivity index (χ1) is 13.7. The third kappa shape index (κ3) is 3.19. The van der Waals surface area contributed by atoms with Gasteiger partial charge in [-0.1, -0.05) is 60.1 Å². The Kier molecular flexibility index (Phi) is 4.78. The van der Waals surface area contributed by atoms with Crippen molar-refractivity contribution in [2.75, 3.05) is 13.7 Å². The summed E-state index contributed by atoms with van der Waals surface area (Å²) in [4.78, 5) is 2.60. The molecule has 4 atom stereocenters. The molecule has 0 radical (unpaired) electrons. The van der Waals surface area contributed by atoms with E-state index in [0.717, 1.165) is 17.4 Å². The molecule has 2 unspecified atom stereocenters. The van der Waals surface area contributed by atoms with Crippen LogP contribution in [0, 0.1) is 5.92 Å². The van der Waals surface area contributed by atoms with E-state index < -0.39 is 0 Å². The fourth-order valence-corrected chi connectivity index (χ4v) is 5.63. The van der Waals surface area contributed by atoms with Gasteiger partial charge < -0.3 is 9.64 Å².